The summed E-state index contributed by atoms with van der Waals surface area (Å²) >= 11 is 0. The van der Waals surface area contributed by atoms with Crippen molar-refractivity contribution >= 4 is 5.69 Å². The van der Waals surface area contributed by atoms with Gasteiger partial charge in [-0.1, -0.05) is 24.3 Å². The maximum absolute atomic E-state index is 13.1. The fourth-order valence-corrected chi connectivity index (χ4v) is 2.80. The number of anilines is 1. The lowest BCUT2D eigenvalue weighted by atomic mass is 10.1. The van der Waals surface area contributed by atoms with Crippen molar-refractivity contribution in [3.8, 4) is 6.07 Å². The molecule has 0 bridgehead atoms. The first-order chi connectivity index (χ1) is 12.9. The molecule has 0 atom stereocenters. The van der Waals surface area contributed by atoms with Crippen LogP contribution in [0.15, 0.2) is 54.9 Å². The van der Waals surface area contributed by atoms with Gasteiger partial charge in [0.05, 0.1) is 17.2 Å². The van der Waals surface area contributed by atoms with Crippen LogP contribution in [0.2, 0.25) is 0 Å². The minimum Gasteiger partial charge on any atom is -0.381 e. The number of nitrogens with one attached hydrogen (secondary N) is 1. The predicted octanol–water partition coefficient (Wildman–Crippen LogP) is 4.74. The van der Waals surface area contributed by atoms with E-state index in [4.69, 9.17) is 5.26 Å². The van der Waals surface area contributed by atoms with Gasteiger partial charge in [0.2, 0.25) is 0 Å². The van der Waals surface area contributed by atoms with E-state index < -0.39 is 11.7 Å². The van der Waals surface area contributed by atoms with Crippen LogP contribution >= 0.6 is 0 Å². The fourth-order valence-electron chi connectivity index (χ4n) is 2.80. The van der Waals surface area contributed by atoms with Gasteiger partial charge >= 0.3 is 6.18 Å². The molecular formula is C20H17F3N4. The Hall–Kier alpha value is -3.27. The molecule has 7 heteroatoms. The molecule has 27 heavy (non-hydrogen) atoms. The van der Waals surface area contributed by atoms with Crippen molar-refractivity contribution in [1.82, 2.24) is 9.55 Å². The highest BCUT2D eigenvalue weighted by molar-refractivity contribution is 5.53. The van der Waals surface area contributed by atoms with Crippen molar-refractivity contribution in [2.45, 2.75) is 26.2 Å². The topological polar surface area (TPSA) is 53.6 Å². The highest BCUT2D eigenvalue weighted by Crippen LogP contribution is 2.33. The van der Waals surface area contributed by atoms with Crippen LogP contribution in [0.25, 0.3) is 0 Å². The number of aryl methyl sites for hydroxylation is 1. The molecule has 0 aliphatic rings. The van der Waals surface area contributed by atoms with Gasteiger partial charge in [-0.15, -0.1) is 0 Å². The van der Waals surface area contributed by atoms with Crippen LogP contribution in [0.3, 0.4) is 0 Å². The molecule has 0 radical (unpaired) electrons. The van der Waals surface area contributed by atoms with E-state index in [1.807, 2.05) is 42.0 Å². The van der Waals surface area contributed by atoms with Crippen molar-refractivity contribution in [2.75, 3.05) is 5.32 Å². The summed E-state index contributed by atoms with van der Waals surface area (Å²) in [6, 6.07) is 13.0. The maximum atomic E-state index is 13.1. The maximum Gasteiger partial charge on any atom is 0.417 e. The van der Waals surface area contributed by atoms with Crippen molar-refractivity contribution < 1.29 is 13.2 Å². The third-order valence-corrected chi connectivity index (χ3v) is 4.21. The quantitative estimate of drug-likeness (QED) is 0.706. The van der Waals surface area contributed by atoms with Crippen LogP contribution in [0.4, 0.5) is 18.9 Å². The molecule has 1 aromatic heterocycles. The second kappa shape index (κ2) is 7.54. The fraction of sp³-hybridized carbons (Fsp3) is 0.200. The van der Waals surface area contributed by atoms with Crippen molar-refractivity contribution in [2.24, 2.45) is 0 Å². The van der Waals surface area contributed by atoms with Crippen LogP contribution in [0.5, 0.6) is 0 Å². The van der Waals surface area contributed by atoms with Gasteiger partial charge in [0.15, 0.2) is 0 Å². The van der Waals surface area contributed by atoms with Gasteiger partial charge in [-0.25, -0.2) is 4.98 Å². The van der Waals surface area contributed by atoms with Crippen LogP contribution in [0.1, 0.15) is 28.1 Å². The number of aromatic nitrogens is 2. The first kappa shape index (κ1) is 18.5. The van der Waals surface area contributed by atoms with Gasteiger partial charge in [0.25, 0.3) is 0 Å². The average molecular weight is 370 g/mol. The molecule has 3 aromatic rings. The molecule has 0 saturated heterocycles. The smallest absolute Gasteiger partial charge is 0.381 e. The first-order valence-corrected chi connectivity index (χ1v) is 8.27. The molecular weight excluding hydrogens is 353 g/mol. The average Bonchev–Trinajstić information content (AvgIpc) is 3.04. The van der Waals surface area contributed by atoms with Crippen LogP contribution < -0.4 is 5.32 Å². The van der Waals surface area contributed by atoms with Crippen LogP contribution in [0, 0.1) is 18.3 Å². The van der Waals surface area contributed by atoms with E-state index in [9.17, 15) is 13.2 Å². The summed E-state index contributed by atoms with van der Waals surface area (Å²) in [5.74, 6) is 0.913. The summed E-state index contributed by atoms with van der Waals surface area (Å²) in [6.45, 7) is 2.98. The van der Waals surface area contributed by atoms with Gasteiger partial charge in [0, 0.05) is 31.2 Å². The third-order valence-electron chi connectivity index (χ3n) is 4.21. The summed E-state index contributed by atoms with van der Waals surface area (Å²) in [5, 5.41) is 11.9. The number of hydrogen-bond donors (Lipinski definition) is 1. The Balaban J connectivity index is 1.73. The number of nitrogens with zero attached hydrogens (tertiary/aromatic N) is 3. The molecule has 138 valence electrons. The van der Waals surface area contributed by atoms with Crippen molar-refractivity contribution in [3.63, 3.8) is 0 Å². The number of nitriles is 1. The van der Waals surface area contributed by atoms with Crippen molar-refractivity contribution in [3.05, 3.63) is 82.9 Å². The van der Waals surface area contributed by atoms with E-state index in [1.165, 1.54) is 12.1 Å². The Labute approximate surface area is 154 Å². The molecule has 0 spiro atoms. The molecule has 3 rings (SSSR count). The molecule has 0 aliphatic carbocycles. The second-order valence-corrected chi connectivity index (χ2v) is 6.15. The summed E-state index contributed by atoms with van der Waals surface area (Å²) in [7, 11) is 0. The summed E-state index contributed by atoms with van der Waals surface area (Å²) in [6.07, 6.45) is -0.926. The Bertz CT molecular complexity index is 983. The molecule has 0 fully saturated rings. The molecule has 2 aromatic carbocycles. The third kappa shape index (κ3) is 4.47. The number of benzene rings is 2. The van der Waals surface area contributed by atoms with Crippen molar-refractivity contribution in [1.29, 1.82) is 5.26 Å². The van der Waals surface area contributed by atoms with E-state index >= 15 is 0 Å². The van der Waals surface area contributed by atoms with Crippen LogP contribution in [-0.2, 0) is 19.3 Å². The molecule has 4 nitrogen and oxygen atoms in total. The minimum atomic E-state index is -4.56. The van der Waals surface area contributed by atoms with Crippen LogP contribution in [-0.4, -0.2) is 9.55 Å². The summed E-state index contributed by atoms with van der Waals surface area (Å²) in [5.41, 5.74) is 1.02. The zero-order valence-electron chi connectivity index (χ0n) is 14.6. The first-order valence-electron chi connectivity index (χ1n) is 8.27. The van der Waals surface area contributed by atoms with E-state index in [0.29, 0.717) is 18.8 Å². The largest absolute Gasteiger partial charge is 0.417 e. The lowest BCUT2D eigenvalue weighted by Gasteiger charge is -2.13. The number of hydrogen-bond acceptors (Lipinski definition) is 3. The molecule has 0 amide bonds. The monoisotopic (exact) mass is 370 g/mol. The number of alkyl halides is 3. The molecule has 1 heterocycles. The SMILES string of the molecule is Cc1nccn1Cc1cccc(CNc2ccc(C#N)c(C(F)(F)F)c2)c1. The Morgan fingerprint density at radius 1 is 1.15 bits per heavy atom. The van der Waals surface area contributed by atoms with E-state index in [1.54, 1.807) is 12.3 Å². The van der Waals surface area contributed by atoms with Gasteiger partial charge in [-0.05, 0) is 36.2 Å². The Morgan fingerprint density at radius 3 is 2.59 bits per heavy atom. The number of rotatable bonds is 5. The highest BCUT2D eigenvalue weighted by Gasteiger charge is 2.33. The summed E-state index contributed by atoms with van der Waals surface area (Å²) in [4.78, 5) is 4.19. The standard InChI is InChI=1S/C20H17F3N4/c1-14-25-7-8-27(14)13-16-4-2-3-15(9-16)12-26-18-6-5-17(11-24)19(10-18)20(21,22)23/h2-10,26H,12-13H2,1H3. The zero-order valence-corrected chi connectivity index (χ0v) is 14.6. The van der Waals surface area contributed by atoms with Gasteiger partial charge in [0.1, 0.15) is 5.82 Å². The zero-order chi connectivity index (χ0) is 19.4. The molecule has 0 saturated carbocycles. The van der Waals surface area contributed by atoms with Gasteiger partial charge < -0.3 is 9.88 Å². The second-order valence-electron chi connectivity index (χ2n) is 6.15. The number of imidazole rings is 1. The van der Waals surface area contributed by atoms with Gasteiger partial charge in [-0.3, -0.25) is 0 Å². The molecule has 0 unspecified atom stereocenters. The lowest BCUT2D eigenvalue weighted by molar-refractivity contribution is -0.137. The van der Waals surface area contributed by atoms with Gasteiger partial charge in [-0.2, -0.15) is 18.4 Å². The van der Waals surface area contributed by atoms with E-state index in [-0.39, 0.29) is 5.56 Å². The normalized spacial score (nSPS) is 11.2. The van der Waals surface area contributed by atoms with E-state index in [0.717, 1.165) is 23.0 Å². The lowest BCUT2D eigenvalue weighted by Crippen LogP contribution is -2.09. The molecule has 0 aliphatic heterocycles. The summed E-state index contributed by atoms with van der Waals surface area (Å²) < 4.78 is 41.2. The predicted molar refractivity (Wildman–Crippen MR) is 96.0 cm³/mol. The molecule has 1 N–H and O–H groups in total. The number of halogens is 3. The van der Waals surface area contributed by atoms with E-state index in [2.05, 4.69) is 10.3 Å². The highest BCUT2D eigenvalue weighted by atomic mass is 19.4. The Kier molecular flexibility index (Phi) is 5.17. The Morgan fingerprint density at radius 2 is 1.93 bits per heavy atom. The minimum absolute atomic E-state index is 0.317.